The molecule has 7 nitrogen and oxygen atoms in total. The summed E-state index contributed by atoms with van der Waals surface area (Å²) in [6.07, 6.45) is 0. The molecular weight excluding hydrogens is 483 g/mol. The molecule has 0 radical (unpaired) electrons. The van der Waals surface area contributed by atoms with Gasteiger partial charge in [0.1, 0.15) is 5.75 Å². The first-order valence-electron chi connectivity index (χ1n) is 8.77. The van der Waals surface area contributed by atoms with Crippen molar-refractivity contribution in [1.82, 2.24) is 0 Å². The van der Waals surface area contributed by atoms with E-state index in [1.54, 1.807) is 13.0 Å². The lowest BCUT2D eigenvalue weighted by Crippen LogP contribution is -2.15. The van der Waals surface area contributed by atoms with Gasteiger partial charge in [0.05, 0.1) is 27.6 Å². The van der Waals surface area contributed by atoms with E-state index in [1.807, 2.05) is 0 Å². The number of sulfonamides is 2. The maximum Gasteiger partial charge on any atom is 0.261 e. The van der Waals surface area contributed by atoms with Crippen LogP contribution in [0.3, 0.4) is 0 Å². The number of aryl methyl sites for hydroxylation is 1. The van der Waals surface area contributed by atoms with Crippen molar-refractivity contribution in [2.24, 2.45) is 0 Å². The average molecular weight is 501 g/mol. The quantitative estimate of drug-likeness (QED) is 0.479. The topological polar surface area (TPSA) is 102 Å². The van der Waals surface area contributed by atoms with Crippen molar-refractivity contribution in [3.8, 4) is 5.75 Å². The summed E-state index contributed by atoms with van der Waals surface area (Å²) in [6, 6.07) is 14.1. The highest BCUT2D eigenvalue weighted by molar-refractivity contribution is 7.93. The summed E-state index contributed by atoms with van der Waals surface area (Å²) < 4.78 is 60.4. The molecule has 0 heterocycles. The average Bonchev–Trinajstić information content (AvgIpc) is 2.70. The second-order valence-electron chi connectivity index (χ2n) is 6.49. The van der Waals surface area contributed by atoms with Crippen molar-refractivity contribution < 1.29 is 21.6 Å². The van der Waals surface area contributed by atoms with E-state index in [0.717, 1.165) is 0 Å². The normalized spacial score (nSPS) is 11.7. The number of anilines is 2. The number of hydrogen-bond acceptors (Lipinski definition) is 5. The van der Waals surface area contributed by atoms with Crippen LogP contribution >= 0.6 is 23.2 Å². The zero-order chi connectivity index (χ0) is 22.8. The molecule has 11 heteroatoms. The molecule has 3 aromatic carbocycles. The lowest BCUT2D eigenvalue weighted by atomic mass is 10.2. The van der Waals surface area contributed by atoms with Gasteiger partial charge in [-0.2, -0.15) is 0 Å². The third-order valence-corrected chi connectivity index (χ3v) is 7.58. The van der Waals surface area contributed by atoms with Crippen LogP contribution in [0.15, 0.2) is 70.5 Å². The predicted octanol–water partition coefficient (Wildman–Crippen LogP) is 4.91. The minimum Gasteiger partial charge on any atom is -0.496 e. The Kier molecular flexibility index (Phi) is 6.70. The molecule has 0 aromatic heterocycles. The highest BCUT2D eigenvalue weighted by atomic mass is 35.5. The van der Waals surface area contributed by atoms with Crippen molar-refractivity contribution in [1.29, 1.82) is 0 Å². The number of hydrogen-bond donors (Lipinski definition) is 2. The van der Waals surface area contributed by atoms with Gasteiger partial charge in [-0.05, 0) is 73.2 Å². The van der Waals surface area contributed by atoms with Crippen molar-refractivity contribution in [3.05, 3.63) is 76.3 Å². The molecule has 0 atom stereocenters. The van der Waals surface area contributed by atoms with Crippen LogP contribution in [0, 0.1) is 6.92 Å². The van der Waals surface area contributed by atoms with E-state index in [2.05, 4.69) is 9.44 Å². The molecule has 31 heavy (non-hydrogen) atoms. The van der Waals surface area contributed by atoms with Crippen molar-refractivity contribution >= 4 is 54.6 Å². The van der Waals surface area contributed by atoms with Gasteiger partial charge in [-0.3, -0.25) is 9.44 Å². The molecule has 0 unspecified atom stereocenters. The molecule has 2 N–H and O–H groups in total. The first kappa shape index (κ1) is 23.2. The maximum absolute atomic E-state index is 12.6. The Balaban J connectivity index is 1.80. The fraction of sp³-hybridized carbons (Fsp3) is 0.100. The Morgan fingerprint density at radius 1 is 0.774 bits per heavy atom. The fourth-order valence-electron chi connectivity index (χ4n) is 2.71. The minimum atomic E-state index is -3.94. The number of nitrogens with one attached hydrogen (secondary N) is 2. The number of ether oxygens (including phenoxy) is 1. The summed E-state index contributed by atoms with van der Waals surface area (Å²) >= 11 is 11.8. The zero-order valence-electron chi connectivity index (χ0n) is 16.4. The molecule has 0 aliphatic rings. The number of benzene rings is 3. The van der Waals surface area contributed by atoms with Crippen LogP contribution in [0.4, 0.5) is 11.4 Å². The lowest BCUT2D eigenvalue weighted by Gasteiger charge is -2.12. The van der Waals surface area contributed by atoms with E-state index in [-0.39, 0.29) is 26.2 Å². The lowest BCUT2D eigenvalue weighted by molar-refractivity contribution is 0.411. The highest BCUT2D eigenvalue weighted by Gasteiger charge is 2.18. The van der Waals surface area contributed by atoms with E-state index in [1.165, 1.54) is 61.7 Å². The number of halogens is 2. The van der Waals surface area contributed by atoms with Gasteiger partial charge < -0.3 is 4.74 Å². The van der Waals surface area contributed by atoms with E-state index in [4.69, 9.17) is 27.9 Å². The van der Waals surface area contributed by atoms with Crippen molar-refractivity contribution in [3.63, 3.8) is 0 Å². The molecule has 0 aliphatic heterocycles. The Morgan fingerprint density at radius 2 is 1.39 bits per heavy atom. The summed E-state index contributed by atoms with van der Waals surface area (Å²) in [5, 5.41) is 0.520. The van der Waals surface area contributed by atoms with Crippen LogP contribution < -0.4 is 14.2 Å². The van der Waals surface area contributed by atoms with E-state index in [9.17, 15) is 16.8 Å². The van der Waals surface area contributed by atoms with Crippen LogP contribution in [0.25, 0.3) is 0 Å². The monoisotopic (exact) mass is 500 g/mol. The molecule has 0 amide bonds. The van der Waals surface area contributed by atoms with Crippen LogP contribution in [-0.2, 0) is 20.0 Å². The third-order valence-electron chi connectivity index (χ3n) is 4.27. The van der Waals surface area contributed by atoms with Gasteiger partial charge in [0, 0.05) is 10.7 Å². The van der Waals surface area contributed by atoms with Gasteiger partial charge in [-0.15, -0.1) is 0 Å². The van der Waals surface area contributed by atoms with Crippen molar-refractivity contribution in [2.45, 2.75) is 16.7 Å². The van der Waals surface area contributed by atoms with Gasteiger partial charge in [0.25, 0.3) is 20.0 Å². The Bertz CT molecular complexity index is 1330. The van der Waals surface area contributed by atoms with Crippen molar-refractivity contribution in [2.75, 3.05) is 16.6 Å². The molecule has 0 aliphatic carbocycles. The molecule has 0 saturated heterocycles. The van der Waals surface area contributed by atoms with Gasteiger partial charge in [-0.1, -0.05) is 23.2 Å². The van der Waals surface area contributed by atoms with Crippen LogP contribution in [0.1, 0.15) is 5.56 Å². The maximum atomic E-state index is 12.6. The van der Waals surface area contributed by atoms with E-state index >= 15 is 0 Å². The minimum absolute atomic E-state index is 0.0570. The van der Waals surface area contributed by atoms with Crippen LogP contribution in [0.5, 0.6) is 5.75 Å². The predicted molar refractivity (Wildman–Crippen MR) is 122 cm³/mol. The van der Waals surface area contributed by atoms with Gasteiger partial charge in [-0.25, -0.2) is 16.8 Å². The molecule has 3 aromatic rings. The summed E-state index contributed by atoms with van der Waals surface area (Å²) in [4.78, 5) is -0.0108. The van der Waals surface area contributed by atoms with Gasteiger partial charge in [0.2, 0.25) is 0 Å². The Hall–Kier alpha value is -2.46. The first-order valence-corrected chi connectivity index (χ1v) is 12.5. The fourth-order valence-corrected chi connectivity index (χ4v) is 5.45. The van der Waals surface area contributed by atoms with Gasteiger partial charge >= 0.3 is 0 Å². The molecule has 0 saturated carbocycles. The molecular formula is C20H18Cl2N2O5S2. The molecule has 0 bridgehead atoms. The van der Waals surface area contributed by atoms with Gasteiger partial charge in [0.15, 0.2) is 0 Å². The van der Waals surface area contributed by atoms with E-state index < -0.39 is 20.0 Å². The largest absolute Gasteiger partial charge is 0.496 e. The second-order valence-corrected chi connectivity index (χ2v) is 10.7. The third kappa shape index (κ3) is 5.43. The SMILES string of the molecule is COc1ccc(S(=O)(=O)Nc2ccc(S(=O)(=O)Nc3ccc(Cl)cc3Cl)cc2)cc1C. The summed E-state index contributed by atoms with van der Waals surface area (Å²) in [6.45, 7) is 1.73. The zero-order valence-corrected chi connectivity index (χ0v) is 19.5. The standard InChI is InChI=1S/C20H18Cl2N2O5S2/c1-13-11-17(8-10-20(13)29-2)31(27,28)23-15-4-6-16(7-5-15)30(25,26)24-19-9-3-14(21)12-18(19)22/h3-12,23-24H,1-2H3. The molecule has 0 fully saturated rings. The second kappa shape index (κ2) is 8.96. The summed E-state index contributed by atoms with van der Waals surface area (Å²) in [7, 11) is -6.31. The van der Waals surface area contributed by atoms with E-state index in [0.29, 0.717) is 16.3 Å². The first-order chi connectivity index (χ1) is 14.5. The smallest absolute Gasteiger partial charge is 0.261 e. The Labute approximate surface area is 191 Å². The highest BCUT2D eigenvalue weighted by Crippen LogP contribution is 2.28. The molecule has 164 valence electrons. The molecule has 3 rings (SSSR count). The number of rotatable bonds is 7. The molecule has 0 spiro atoms. The summed E-state index contributed by atoms with van der Waals surface area (Å²) in [5.74, 6) is 0.571. The number of methoxy groups -OCH3 is 1. The summed E-state index contributed by atoms with van der Waals surface area (Å²) in [5.41, 5.74) is 1.04. The van der Waals surface area contributed by atoms with Crippen LogP contribution in [0.2, 0.25) is 10.0 Å². The Morgan fingerprint density at radius 3 is 1.97 bits per heavy atom. The van der Waals surface area contributed by atoms with Crippen LogP contribution in [-0.4, -0.2) is 23.9 Å².